The fraction of sp³-hybridized carbons (Fsp3) is 0.462. The lowest BCUT2D eigenvalue weighted by atomic mass is 10.2. The van der Waals surface area contributed by atoms with Crippen molar-refractivity contribution in [2.75, 3.05) is 17.4 Å². The molecule has 112 valence electrons. The van der Waals surface area contributed by atoms with Gasteiger partial charge in [0.15, 0.2) is 0 Å². The first-order valence-electron chi connectivity index (χ1n) is 6.37. The summed E-state index contributed by atoms with van der Waals surface area (Å²) in [6, 6.07) is 8.46. The van der Waals surface area contributed by atoms with Crippen molar-refractivity contribution < 1.29 is 18.3 Å². The van der Waals surface area contributed by atoms with E-state index in [1.807, 2.05) is 13.8 Å². The number of aliphatic carboxylic acids is 1. The Hall–Kier alpha value is -1.60. The van der Waals surface area contributed by atoms with Crippen molar-refractivity contribution in [3.63, 3.8) is 0 Å². The Morgan fingerprint density at radius 2 is 1.90 bits per heavy atom. The zero-order valence-electron chi connectivity index (χ0n) is 11.6. The van der Waals surface area contributed by atoms with Gasteiger partial charge in [0, 0.05) is 13.1 Å². The molecular weight excluding hydrogens is 280 g/mol. The number of para-hydroxylation sites is 1. The number of anilines is 1. The van der Waals surface area contributed by atoms with Gasteiger partial charge < -0.3 is 5.11 Å². The van der Waals surface area contributed by atoms with E-state index in [-0.39, 0.29) is 18.9 Å². The number of rotatable bonds is 8. The summed E-state index contributed by atoms with van der Waals surface area (Å²) in [7, 11) is -3.75. The lowest BCUT2D eigenvalue weighted by Crippen LogP contribution is -2.43. The van der Waals surface area contributed by atoms with Gasteiger partial charge in [-0.25, -0.2) is 0 Å². The van der Waals surface area contributed by atoms with Crippen LogP contribution < -0.4 is 9.03 Å². The van der Waals surface area contributed by atoms with Crippen LogP contribution in [0.4, 0.5) is 5.69 Å². The predicted molar refractivity (Wildman–Crippen MR) is 77.8 cm³/mol. The van der Waals surface area contributed by atoms with Crippen molar-refractivity contribution >= 4 is 21.9 Å². The Balaban J connectivity index is 2.95. The molecule has 0 aliphatic carbocycles. The van der Waals surface area contributed by atoms with Crippen LogP contribution in [0.2, 0.25) is 0 Å². The summed E-state index contributed by atoms with van der Waals surface area (Å²) in [6.45, 7) is 3.99. The maximum absolute atomic E-state index is 12.3. The number of carboxylic acid groups (broad SMARTS) is 1. The number of nitrogens with zero attached hydrogens (tertiary/aromatic N) is 1. The third-order valence-corrected chi connectivity index (χ3v) is 4.04. The largest absolute Gasteiger partial charge is 0.481 e. The van der Waals surface area contributed by atoms with Crippen LogP contribution in [0.3, 0.4) is 0 Å². The summed E-state index contributed by atoms with van der Waals surface area (Å²) in [5.41, 5.74) is 0.449. The number of hydrogen-bond donors (Lipinski definition) is 2. The molecule has 0 atom stereocenters. The van der Waals surface area contributed by atoms with E-state index in [0.717, 1.165) is 4.31 Å². The van der Waals surface area contributed by atoms with Crippen molar-refractivity contribution in [2.24, 2.45) is 5.92 Å². The van der Waals surface area contributed by atoms with Crippen molar-refractivity contribution in [2.45, 2.75) is 20.3 Å². The Morgan fingerprint density at radius 1 is 1.30 bits per heavy atom. The van der Waals surface area contributed by atoms with Crippen molar-refractivity contribution in [1.82, 2.24) is 4.72 Å². The van der Waals surface area contributed by atoms with Gasteiger partial charge in [0.25, 0.3) is 0 Å². The molecule has 2 N–H and O–H groups in total. The Bertz CT molecular complexity index is 529. The minimum absolute atomic E-state index is 0.104. The molecule has 0 saturated carbocycles. The number of nitrogens with one attached hydrogen (secondary N) is 1. The smallest absolute Gasteiger partial charge is 0.305 e. The van der Waals surface area contributed by atoms with Gasteiger partial charge in [-0.2, -0.15) is 13.1 Å². The topological polar surface area (TPSA) is 86.7 Å². The third-order valence-electron chi connectivity index (χ3n) is 2.54. The molecule has 1 rings (SSSR count). The van der Waals surface area contributed by atoms with E-state index in [1.54, 1.807) is 30.3 Å². The number of carbonyl (C=O) groups is 1. The molecule has 0 aromatic heterocycles. The highest BCUT2D eigenvalue weighted by molar-refractivity contribution is 7.90. The molecule has 0 aliphatic heterocycles. The summed E-state index contributed by atoms with van der Waals surface area (Å²) in [5.74, 6) is -0.869. The molecule has 0 fully saturated rings. The highest BCUT2D eigenvalue weighted by Crippen LogP contribution is 2.17. The second-order valence-corrected chi connectivity index (χ2v) is 6.48. The van der Waals surface area contributed by atoms with E-state index in [1.165, 1.54) is 0 Å². The van der Waals surface area contributed by atoms with Crippen molar-refractivity contribution in [3.05, 3.63) is 30.3 Å². The second-order valence-electron chi connectivity index (χ2n) is 4.80. The molecule has 0 aliphatic rings. The molecule has 0 spiro atoms. The van der Waals surface area contributed by atoms with Gasteiger partial charge in [0.05, 0.1) is 12.1 Å². The van der Waals surface area contributed by atoms with E-state index in [9.17, 15) is 13.2 Å². The lowest BCUT2D eigenvalue weighted by molar-refractivity contribution is -0.136. The van der Waals surface area contributed by atoms with Crippen LogP contribution in [-0.4, -0.2) is 32.6 Å². The lowest BCUT2D eigenvalue weighted by Gasteiger charge is -2.24. The third kappa shape index (κ3) is 5.18. The summed E-state index contributed by atoms with van der Waals surface area (Å²) < 4.78 is 28.1. The second kappa shape index (κ2) is 7.25. The first-order chi connectivity index (χ1) is 9.33. The number of carboxylic acids is 1. The summed E-state index contributed by atoms with van der Waals surface area (Å²) in [6.07, 6.45) is -0.252. The zero-order valence-corrected chi connectivity index (χ0v) is 12.4. The van der Waals surface area contributed by atoms with Gasteiger partial charge in [-0.15, -0.1) is 0 Å². The van der Waals surface area contributed by atoms with Crippen LogP contribution in [-0.2, 0) is 15.0 Å². The van der Waals surface area contributed by atoms with Crippen LogP contribution in [0.25, 0.3) is 0 Å². The van der Waals surface area contributed by atoms with Gasteiger partial charge in [-0.05, 0) is 18.1 Å². The Kier molecular flexibility index (Phi) is 5.97. The van der Waals surface area contributed by atoms with Crippen molar-refractivity contribution in [1.29, 1.82) is 0 Å². The van der Waals surface area contributed by atoms with Crippen LogP contribution >= 0.6 is 0 Å². The fourth-order valence-electron chi connectivity index (χ4n) is 1.53. The molecular formula is C13H20N2O4S. The predicted octanol–water partition coefficient (Wildman–Crippen LogP) is 1.46. The molecule has 0 bridgehead atoms. The summed E-state index contributed by atoms with van der Waals surface area (Å²) in [4.78, 5) is 10.7. The van der Waals surface area contributed by atoms with E-state index in [0.29, 0.717) is 12.2 Å². The van der Waals surface area contributed by atoms with Gasteiger partial charge in [-0.3, -0.25) is 9.10 Å². The maximum atomic E-state index is 12.3. The highest BCUT2D eigenvalue weighted by Gasteiger charge is 2.22. The first-order valence-corrected chi connectivity index (χ1v) is 7.81. The average molecular weight is 300 g/mol. The van der Waals surface area contributed by atoms with Gasteiger partial charge in [0.2, 0.25) is 0 Å². The SMILES string of the molecule is CC(C)CNS(=O)(=O)N(CCC(=O)O)c1ccccc1. The minimum Gasteiger partial charge on any atom is -0.481 e. The van der Waals surface area contributed by atoms with Crippen LogP contribution in [0.1, 0.15) is 20.3 Å². The zero-order chi connectivity index (χ0) is 15.2. The van der Waals surface area contributed by atoms with Gasteiger partial charge in [-0.1, -0.05) is 32.0 Å². The van der Waals surface area contributed by atoms with E-state index in [2.05, 4.69) is 4.72 Å². The summed E-state index contributed by atoms with van der Waals surface area (Å²) in [5, 5.41) is 8.75. The van der Waals surface area contributed by atoms with E-state index in [4.69, 9.17) is 5.11 Å². The van der Waals surface area contributed by atoms with Crippen LogP contribution in [0, 0.1) is 5.92 Å². The van der Waals surface area contributed by atoms with E-state index < -0.39 is 16.2 Å². The average Bonchev–Trinajstić information content (AvgIpc) is 2.37. The van der Waals surface area contributed by atoms with E-state index >= 15 is 0 Å². The number of hydrogen-bond acceptors (Lipinski definition) is 3. The number of benzene rings is 1. The molecule has 7 heteroatoms. The molecule has 0 amide bonds. The first kappa shape index (κ1) is 16.5. The molecule has 20 heavy (non-hydrogen) atoms. The molecule has 0 unspecified atom stereocenters. The van der Waals surface area contributed by atoms with Crippen LogP contribution in [0.15, 0.2) is 30.3 Å². The minimum atomic E-state index is -3.75. The monoisotopic (exact) mass is 300 g/mol. The molecule has 0 radical (unpaired) electrons. The standard InChI is InChI=1S/C13H20N2O4S/c1-11(2)10-14-20(18,19)15(9-8-13(16)17)12-6-4-3-5-7-12/h3-7,11,14H,8-10H2,1-2H3,(H,16,17). The van der Waals surface area contributed by atoms with Crippen molar-refractivity contribution in [3.8, 4) is 0 Å². The normalized spacial score (nSPS) is 11.6. The molecule has 6 nitrogen and oxygen atoms in total. The maximum Gasteiger partial charge on any atom is 0.305 e. The van der Waals surface area contributed by atoms with Gasteiger partial charge >= 0.3 is 16.2 Å². The molecule has 0 saturated heterocycles. The van der Waals surface area contributed by atoms with Gasteiger partial charge in [0.1, 0.15) is 0 Å². The Labute approximate surface area is 119 Å². The quantitative estimate of drug-likeness (QED) is 0.761. The molecule has 0 heterocycles. The fourth-order valence-corrected chi connectivity index (χ4v) is 2.96. The highest BCUT2D eigenvalue weighted by atomic mass is 32.2. The molecule has 1 aromatic carbocycles. The Morgan fingerprint density at radius 3 is 2.40 bits per heavy atom. The summed E-state index contributed by atoms with van der Waals surface area (Å²) >= 11 is 0. The molecule has 1 aromatic rings. The van der Waals surface area contributed by atoms with Crippen LogP contribution in [0.5, 0.6) is 0 Å².